The fourth-order valence-electron chi connectivity index (χ4n) is 2.20. The molecule has 21 heavy (non-hydrogen) atoms. The summed E-state index contributed by atoms with van der Waals surface area (Å²) in [6.45, 7) is 4.23. The summed E-state index contributed by atoms with van der Waals surface area (Å²) in [7, 11) is 0. The number of carbonyl (C=O) groups excluding carboxylic acids is 1. The zero-order valence-corrected chi connectivity index (χ0v) is 12.2. The molecular weight excluding hydrogens is 267 g/mol. The number of carbonyl (C=O) groups is 1. The molecule has 4 heteroatoms. The van der Waals surface area contributed by atoms with E-state index < -0.39 is 0 Å². The Labute approximate surface area is 124 Å². The number of rotatable bonds is 5. The van der Waals surface area contributed by atoms with E-state index in [0.29, 0.717) is 5.69 Å². The molecule has 2 aromatic rings. The average Bonchev–Trinajstić information content (AvgIpc) is 2.45. The number of halogens is 1. The normalized spacial score (nSPS) is 12.0. The Kier molecular flexibility index (Phi) is 5.06. The minimum absolute atomic E-state index is 0.0736. The van der Waals surface area contributed by atoms with E-state index in [1.165, 1.54) is 17.7 Å². The molecule has 0 fully saturated rings. The zero-order valence-electron chi connectivity index (χ0n) is 12.2. The standard InChI is InChI=1S/C17H19FN2O/c1-12-6-3-4-9-16(12)13(2)19-11-17(21)20-15-8-5-7-14(18)10-15/h3-10,13,19H,11H2,1-2H3,(H,20,21)/t13-/m1/s1. The van der Waals surface area contributed by atoms with E-state index in [1.807, 2.05) is 38.1 Å². The quantitative estimate of drug-likeness (QED) is 0.884. The van der Waals surface area contributed by atoms with Gasteiger partial charge in [0.05, 0.1) is 6.54 Å². The Hall–Kier alpha value is -2.20. The Morgan fingerprint density at radius 2 is 1.95 bits per heavy atom. The first-order valence-corrected chi connectivity index (χ1v) is 6.90. The molecule has 0 saturated heterocycles. The van der Waals surface area contributed by atoms with Crippen molar-refractivity contribution >= 4 is 11.6 Å². The van der Waals surface area contributed by atoms with Gasteiger partial charge in [0.25, 0.3) is 0 Å². The summed E-state index contributed by atoms with van der Waals surface area (Å²) in [6.07, 6.45) is 0. The first-order chi connectivity index (χ1) is 10.1. The van der Waals surface area contributed by atoms with Gasteiger partial charge in [0.1, 0.15) is 5.82 Å². The molecule has 1 atom stereocenters. The molecule has 0 aliphatic heterocycles. The molecule has 0 unspecified atom stereocenters. The van der Waals surface area contributed by atoms with Gasteiger partial charge in [-0.1, -0.05) is 30.3 Å². The lowest BCUT2D eigenvalue weighted by Crippen LogP contribution is -2.30. The summed E-state index contributed by atoms with van der Waals surface area (Å²) in [5.41, 5.74) is 2.81. The zero-order chi connectivity index (χ0) is 15.2. The van der Waals surface area contributed by atoms with Gasteiger partial charge in [-0.15, -0.1) is 0 Å². The Morgan fingerprint density at radius 1 is 1.19 bits per heavy atom. The summed E-state index contributed by atoms with van der Waals surface area (Å²) in [5, 5.41) is 5.83. The molecule has 0 aliphatic carbocycles. The Bertz CT molecular complexity index is 628. The highest BCUT2D eigenvalue weighted by atomic mass is 19.1. The molecule has 2 rings (SSSR count). The van der Waals surface area contributed by atoms with E-state index in [9.17, 15) is 9.18 Å². The van der Waals surface area contributed by atoms with Crippen LogP contribution in [0.4, 0.5) is 10.1 Å². The van der Waals surface area contributed by atoms with Crippen molar-refractivity contribution < 1.29 is 9.18 Å². The third-order valence-electron chi connectivity index (χ3n) is 3.33. The van der Waals surface area contributed by atoms with Crippen LogP contribution in [0.25, 0.3) is 0 Å². The first-order valence-electron chi connectivity index (χ1n) is 6.90. The lowest BCUT2D eigenvalue weighted by molar-refractivity contribution is -0.115. The molecule has 0 aliphatic rings. The van der Waals surface area contributed by atoms with Crippen molar-refractivity contribution in [2.75, 3.05) is 11.9 Å². The van der Waals surface area contributed by atoms with Crippen LogP contribution in [0.2, 0.25) is 0 Å². The van der Waals surface area contributed by atoms with Crippen molar-refractivity contribution in [1.82, 2.24) is 5.32 Å². The molecule has 0 bridgehead atoms. The number of aryl methyl sites for hydroxylation is 1. The van der Waals surface area contributed by atoms with Gasteiger partial charge in [0, 0.05) is 11.7 Å². The van der Waals surface area contributed by atoms with Crippen LogP contribution in [0.3, 0.4) is 0 Å². The third kappa shape index (κ3) is 4.39. The summed E-state index contributed by atoms with van der Waals surface area (Å²) in [5.74, 6) is -0.560. The summed E-state index contributed by atoms with van der Waals surface area (Å²) >= 11 is 0. The monoisotopic (exact) mass is 286 g/mol. The maximum Gasteiger partial charge on any atom is 0.238 e. The summed E-state index contributed by atoms with van der Waals surface area (Å²) in [6, 6.07) is 14.0. The van der Waals surface area contributed by atoms with Gasteiger partial charge in [-0.25, -0.2) is 4.39 Å². The van der Waals surface area contributed by atoms with E-state index in [2.05, 4.69) is 10.6 Å². The predicted molar refractivity (Wildman–Crippen MR) is 82.6 cm³/mol. The Morgan fingerprint density at radius 3 is 2.67 bits per heavy atom. The highest BCUT2D eigenvalue weighted by molar-refractivity contribution is 5.92. The topological polar surface area (TPSA) is 41.1 Å². The fourth-order valence-corrected chi connectivity index (χ4v) is 2.20. The lowest BCUT2D eigenvalue weighted by atomic mass is 10.0. The average molecular weight is 286 g/mol. The molecule has 0 saturated carbocycles. The van der Waals surface area contributed by atoms with Crippen LogP contribution in [0.5, 0.6) is 0 Å². The van der Waals surface area contributed by atoms with Gasteiger partial charge in [0.2, 0.25) is 5.91 Å². The summed E-state index contributed by atoms with van der Waals surface area (Å²) < 4.78 is 13.0. The maximum absolute atomic E-state index is 13.0. The number of benzene rings is 2. The predicted octanol–water partition coefficient (Wildman–Crippen LogP) is 3.42. The first kappa shape index (κ1) is 15.2. The Balaban J connectivity index is 1.88. The maximum atomic E-state index is 13.0. The smallest absolute Gasteiger partial charge is 0.238 e. The van der Waals surface area contributed by atoms with Crippen molar-refractivity contribution in [2.24, 2.45) is 0 Å². The van der Waals surface area contributed by atoms with Gasteiger partial charge in [-0.05, 0) is 43.2 Å². The van der Waals surface area contributed by atoms with Crippen LogP contribution in [-0.4, -0.2) is 12.5 Å². The minimum Gasteiger partial charge on any atom is -0.325 e. The second-order valence-electron chi connectivity index (χ2n) is 5.02. The molecule has 0 heterocycles. The van der Waals surface area contributed by atoms with Crippen LogP contribution >= 0.6 is 0 Å². The molecule has 2 N–H and O–H groups in total. The van der Waals surface area contributed by atoms with Crippen molar-refractivity contribution in [3.63, 3.8) is 0 Å². The van der Waals surface area contributed by atoms with Crippen molar-refractivity contribution in [3.05, 3.63) is 65.5 Å². The van der Waals surface area contributed by atoms with Crippen molar-refractivity contribution in [1.29, 1.82) is 0 Å². The molecule has 0 aromatic heterocycles. The highest BCUT2D eigenvalue weighted by Crippen LogP contribution is 2.16. The van der Waals surface area contributed by atoms with E-state index in [0.717, 1.165) is 5.56 Å². The van der Waals surface area contributed by atoms with Crippen molar-refractivity contribution in [2.45, 2.75) is 19.9 Å². The summed E-state index contributed by atoms with van der Waals surface area (Å²) in [4.78, 5) is 11.8. The molecule has 0 radical (unpaired) electrons. The second-order valence-corrected chi connectivity index (χ2v) is 5.02. The molecule has 2 aromatic carbocycles. The number of anilines is 1. The largest absolute Gasteiger partial charge is 0.325 e. The van der Waals surface area contributed by atoms with Crippen LogP contribution in [0.1, 0.15) is 24.1 Å². The highest BCUT2D eigenvalue weighted by Gasteiger charge is 2.09. The number of hydrogen-bond donors (Lipinski definition) is 2. The fraction of sp³-hybridized carbons (Fsp3) is 0.235. The van der Waals surface area contributed by atoms with Crippen LogP contribution < -0.4 is 10.6 Å². The molecule has 110 valence electrons. The molecule has 0 spiro atoms. The molecule has 3 nitrogen and oxygen atoms in total. The SMILES string of the molecule is Cc1ccccc1[C@@H](C)NCC(=O)Nc1cccc(F)c1. The van der Waals surface area contributed by atoms with E-state index in [-0.39, 0.29) is 24.3 Å². The van der Waals surface area contributed by atoms with Crippen molar-refractivity contribution in [3.8, 4) is 0 Å². The van der Waals surface area contributed by atoms with Gasteiger partial charge in [0.15, 0.2) is 0 Å². The lowest BCUT2D eigenvalue weighted by Gasteiger charge is -2.16. The molecular formula is C17H19FN2O. The van der Waals surface area contributed by atoms with Gasteiger partial charge in [-0.3, -0.25) is 4.79 Å². The number of amides is 1. The minimum atomic E-state index is -0.367. The van der Waals surface area contributed by atoms with Crippen LogP contribution in [0.15, 0.2) is 48.5 Å². The molecule has 1 amide bonds. The van der Waals surface area contributed by atoms with Gasteiger partial charge in [-0.2, -0.15) is 0 Å². The third-order valence-corrected chi connectivity index (χ3v) is 3.33. The second kappa shape index (κ2) is 6.99. The van der Waals surface area contributed by atoms with Gasteiger partial charge >= 0.3 is 0 Å². The van der Waals surface area contributed by atoms with Crippen LogP contribution in [-0.2, 0) is 4.79 Å². The van der Waals surface area contributed by atoms with E-state index in [4.69, 9.17) is 0 Å². The van der Waals surface area contributed by atoms with Gasteiger partial charge < -0.3 is 10.6 Å². The van der Waals surface area contributed by atoms with E-state index in [1.54, 1.807) is 12.1 Å². The van der Waals surface area contributed by atoms with Crippen LogP contribution in [0, 0.1) is 12.7 Å². The number of nitrogens with one attached hydrogen (secondary N) is 2. The van der Waals surface area contributed by atoms with E-state index >= 15 is 0 Å². The number of hydrogen-bond acceptors (Lipinski definition) is 2.